The van der Waals surface area contributed by atoms with Crippen molar-refractivity contribution in [2.75, 3.05) is 36.8 Å². The number of carbonyl (C=O) groups excluding carboxylic acids is 2. The number of sulfone groups is 1. The minimum atomic E-state index is -3.66. The van der Waals surface area contributed by atoms with Crippen LogP contribution in [0.15, 0.2) is 57.9 Å². The largest absolute Gasteiger partial charge is 0.368 e. The van der Waals surface area contributed by atoms with Crippen LogP contribution in [-0.4, -0.2) is 62.1 Å². The molecule has 3 aromatic rings. The minimum absolute atomic E-state index is 0.0249. The molecular weight excluding hydrogens is 466 g/mol. The highest BCUT2D eigenvalue weighted by molar-refractivity contribution is 7.91. The first-order valence-corrected chi connectivity index (χ1v) is 13.2. The van der Waals surface area contributed by atoms with Gasteiger partial charge in [0, 0.05) is 55.5 Å². The standard InChI is InChI=1S/C26H29N3O5S/c1-18-4-5-22(24-16-19(2)27-34-24)17-25(18)35(32,33)15-10-26(31)29-13-11-28(12-14-29)23-8-6-21(7-9-23)20(3)30/h4-9,16-17H,10-15H2,1-3H3. The average molecular weight is 496 g/mol. The molecule has 0 N–H and O–H groups in total. The van der Waals surface area contributed by atoms with Crippen LogP contribution in [0.4, 0.5) is 5.69 Å². The second-order valence-corrected chi connectivity index (χ2v) is 10.9. The van der Waals surface area contributed by atoms with Crippen LogP contribution in [0, 0.1) is 13.8 Å². The lowest BCUT2D eigenvalue weighted by Crippen LogP contribution is -2.49. The van der Waals surface area contributed by atoms with E-state index < -0.39 is 9.84 Å². The topological polar surface area (TPSA) is 101 Å². The van der Waals surface area contributed by atoms with E-state index >= 15 is 0 Å². The number of anilines is 1. The number of aromatic nitrogens is 1. The summed E-state index contributed by atoms with van der Waals surface area (Å²) in [6.07, 6.45) is -0.0687. The summed E-state index contributed by atoms with van der Waals surface area (Å²) in [6, 6.07) is 14.3. The Kier molecular flexibility index (Phi) is 7.07. The molecule has 1 aliphatic rings. The van der Waals surface area contributed by atoms with Crippen molar-refractivity contribution in [3.8, 4) is 11.3 Å². The van der Waals surface area contributed by atoms with Crippen molar-refractivity contribution in [1.82, 2.24) is 10.1 Å². The highest BCUT2D eigenvalue weighted by Gasteiger charge is 2.25. The molecule has 9 heteroatoms. The third kappa shape index (κ3) is 5.62. The fourth-order valence-electron chi connectivity index (χ4n) is 4.20. The maximum absolute atomic E-state index is 13.1. The summed E-state index contributed by atoms with van der Waals surface area (Å²) in [6.45, 7) is 7.42. The molecule has 0 saturated carbocycles. The van der Waals surface area contributed by atoms with Crippen molar-refractivity contribution in [2.24, 2.45) is 0 Å². The third-order valence-corrected chi connectivity index (χ3v) is 8.14. The molecule has 0 unspecified atom stereocenters. The lowest BCUT2D eigenvalue weighted by Gasteiger charge is -2.36. The number of hydrogen-bond donors (Lipinski definition) is 0. The zero-order valence-corrected chi connectivity index (χ0v) is 21.0. The molecule has 1 amide bonds. The number of hydrogen-bond acceptors (Lipinski definition) is 7. The van der Waals surface area contributed by atoms with Crippen molar-refractivity contribution in [3.63, 3.8) is 0 Å². The van der Waals surface area contributed by atoms with Crippen LogP contribution in [-0.2, 0) is 14.6 Å². The first kappa shape index (κ1) is 24.7. The van der Waals surface area contributed by atoms with Gasteiger partial charge in [0.05, 0.1) is 16.3 Å². The summed E-state index contributed by atoms with van der Waals surface area (Å²) in [5.41, 5.74) is 3.64. The minimum Gasteiger partial charge on any atom is -0.368 e. The lowest BCUT2D eigenvalue weighted by molar-refractivity contribution is -0.131. The number of piperazine rings is 1. The summed E-state index contributed by atoms with van der Waals surface area (Å²) in [7, 11) is -3.66. The summed E-state index contributed by atoms with van der Waals surface area (Å²) in [5, 5.41) is 3.86. The average Bonchev–Trinajstić information content (AvgIpc) is 3.29. The van der Waals surface area contributed by atoms with Gasteiger partial charge in [-0.1, -0.05) is 17.3 Å². The Labute approximate surface area is 205 Å². The van der Waals surface area contributed by atoms with Crippen LogP contribution < -0.4 is 4.90 Å². The van der Waals surface area contributed by atoms with Gasteiger partial charge in [-0.2, -0.15) is 0 Å². The predicted molar refractivity (Wildman–Crippen MR) is 133 cm³/mol. The van der Waals surface area contributed by atoms with Gasteiger partial charge in [0.25, 0.3) is 0 Å². The Hall–Kier alpha value is -3.46. The number of amides is 1. The smallest absolute Gasteiger partial charge is 0.223 e. The highest BCUT2D eigenvalue weighted by atomic mass is 32.2. The summed E-state index contributed by atoms with van der Waals surface area (Å²) in [5.74, 6) is 0.110. The molecule has 1 aliphatic heterocycles. The maximum Gasteiger partial charge on any atom is 0.223 e. The molecule has 1 saturated heterocycles. The van der Waals surface area contributed by atoms with E-state index in [1.807, 2.05) is 12.1 Å². The van der Waals surface area contributed by atoms with E-state index in [0.717, 1.165) is 5.69 Å². The zero-order chi connectivity index (χ0) is 25.2. The molecule has 0 spiro atoms. The third-order valence-electron chi connectivity index (χ3n) is 6.29. The van der Waals surface area contributed by atoms with Crippen LogP contribution >= 0.6 is 0 Å². The molecule has 4 rings (SSSR count). The van der Waals surface area contributed by atoms with Crippen LogP contribution in [0.2, 0.25) is 0 Å². The Morgan fingerprint density at radius 3 is 2.26 bits per heavy atom. The highest BCUT2D eigenvalue weighted by Crippen LogP contribution is 2.27. The fraction of sp³-hybridized carbons (Fsp3) is 0.346. The maximum atomic E-state index is 13.1. The molecule has 1 fully saturated rings. The van der Waals surface area contributed by atoms with Crippen LogP contribution in [0.5, 0.6) is 0 Å². The summed E-state index contributed by atoms with van der Waals surface area (Å²) >= 11 is 0. The Balaban J connectivity index is 1.36. The van der Waals surface area contributed by atoms with Crippen molar-refractivity contribution >= 4 is 27.2 Å². The number of benzene rings is 2. The number of Topliss-reactive ketones (excluding diaryl/α,β-unsaturated/α-hetero) is 1. The molecule has 0 atom stereocenters. The Morgan fingerprint density at radius 1 is 0.971 bits per heavy atom. The van der Waals surface area contributed by atoms with Crippen LogP contribution in [0.1, 0.15) is 35.0 Å². The SMILES string of the molecule is CC(=O)c1ccc(N2CCN(C(=O)CCS(=O)(=O)c3cc(-c4cc(C)no4)ccc3C)CC2)cc1. The normalized spacial score (nSPS) is 14.3. The van der Waals surface area contributed by atoms with Crippen molar-refractivity contribution in [1.29, 1.82) is 0 Å². The molecule has 2 aromatic carbocycles. The lowest BCUT2D eigenvalue weighted by atomic mass is 10.1. The van der Waals surface area contributed by atoms with Gasteiger partial charge in [0.1, 0.15) is 0 Å². The van der Waals surface area contributed by atoms with Gasteiger partial charge in [0.2, 0.25) is 5.91 Å². The Bertz CT molecular complexity index is 1340. The fourth-order valence-corrected chi connectivity index (χ4v) is 5.73. The molecule has 0 bridgehead atoms. The first-order valence-electron chi connectivity index (χ1n) is 11.5. The van der Waals surface area contributed by atoms with Crippen molar-refractivity contribution in [3.05, 3.63) is 65.4 Å². The molecule has 2 heterocycles. The van der Waals surface area contributed by atoms with Crippen molar-refractivity contribution in [2.45, 2.75) is 32.1 Å². The monoisotopic (exact) mass is 495 g/mol. The van der Waals surface area contributed by atoms with Crippen LogP contribution in [0.3, 0.4) is 0 Å². The van der Waals surface area contributed by atoms with E-state index in [0.29, 0.717) is 54.3 Å². The van der Waals surface area contributed by atoms with E-state index in [1.54, 1.807) is 55.1 Å². The van der Waals surface area contributed by atoms with Gasteiger partial charge in [-0.3, -0.25) is 9.59 Å². The second kappa shape index (κ2) is 10.0. The molecular formula is C26H29N3O5S. The number of ketones is 1. The Morgan fingerprint density at radius 2 is 1.66 bits per heavy atom. The quantitative estimate of drug-likeness (QED) is 0.461. The van der Waals surface area contributed by atoms with Gasteiger partial charge < -0.3 is 14.3 Å². The number of carbonyl (C=O) groups is 2. The zero-order valence-electron chi connectivity index (χ0n) is 20.2. The van der Waals surface area contributed by atoms with E-state index in [9.17, 15) is 18.0 Å². The predicted octanol–water partition coefficient (Wildman–Crippen LogP) is 3.67. The first-order chi connectivity index (χ1) is 16.6. The van der Waals surface area contributed by atoms with E-state index in [2.05, 4.69) is 10.1 Å². The molecule has 184 valence electrons. The number of rotatable bonds is 7. The van der Waals surface area contributed by atoms with Gasteiger partial charge in [0.15, 0.2) is 21.4 Å². The van der Waals surface area contributed by atoms with Gasteiger partial charge in [-0.05, 0) is 56.7 Å². The molecule has 1 aromatic heterocycles. The number of aryl methyl sites for hydroxylation is 2. The van der Waals surface area contributed by atoms with Gasteiger partial charge >= 0.3 is 0 Å². The van der Waals surface area contributed by atoms with E-state index in [1.165, 1.54) is 6.92 Å². The van der Waals surface area contributed by atoms with E-state index in [4.69, 9.17) is 4.52 Å². The van der Waals surface area contributed by atoms with E-state index in [-0.39, 0.29) is 28.8 Å². The molecule has 8 nitrogen and oxygen atoms in total. The summed E-state index contributed by atoms with van der Waals surface area (Å²) < 4.78 is 31.5. The number of nitrogens with zero attached hydrogens (tertiary/aromatic N) is 3. The molecule has 0 radical (unpaired) electrons. The molecule has 0 aliphatic carbocycles. The molecule has 35 heavy (non-hydrogen) atoms. The van der Waals surface area contributed by atoms with Gasteiger partial charge in [-0.15, -0.1) is 0 Å². The summed E-state index contributed by atoms with van der Waals surface area (Å²) in [4.78, 5) is 28.3. The van der Waals surface area contributed by atoms with Crippen molar-refractivity contribution < 1.29 is 22.5 Å². The van der Waals surface area contributed by atoms with Crippen LogP contribution in [0.25, 0.3) is 11.3 Å². The van der Waals surface area contributed by atoms with Gasteiger partial charge in [-0.25, -0.2) is 8.42 Å². The second-order valence-electron chi connectivity index (χ2n) is 8.85.